The summed E-state index contributed by atoms with van der Waals surface area (Å²) in [7, 11) is 0. The quantitative estimate of drug-likeness (QED) is 0.713. The molecule has 4 rings (SSSR count). The maximum Gasteiger partial charge on any atom is 0.255 e. The Morgan fingerprint density at radius 1 is 1.03 bits per heavy atom. The van der Waals surface area contributed by atoms with Crippen molar-refractivity contribution in [2.75, 3.05) is 30.5 Å². The van der Waals surface area contributed by atoms with E-state index in [0.29, 0.717) is 41.5 Å². The van der Waals surface area contributed by atoms with Crippen molar-refractivity contribution in [2.24, 2.45) is 5.92 Å². The number of rotatable bonds is 7. The van der Waals surface area contributed by atoms with Gasteiger partial charge in [-0.25, -0.2) is 0 Å². The summed E-state index contributed by atoms with van der Waals surface area (Å²) in [4.78, 5) is 38.9. The fourth-order valence-electron chi connectivity index (χ4n) is 3.64. The Bertz CT molecular complexity index is 989. The van der Waals surface area contributed by atoms with Crippen molar-refractivity contribution in [2.45, 2.75) is 26.2 Å². The molecule has 2 aromatic carbocycles. The van der Waals surface area contributed by atoms with Gasteiger partial charge in [-0.05, 0) is 42.8 Å². The third-order valence-electron chi connectivity index (χ3n) is 5.41. The van der Waals surface area contributed by atoms with Gasteiger partial charge in [-0.1, -0.05) is 13.3 Å². The summed E-state index contributed by atoms with van der Waals surface area (Å²) in [5.41, 5.74) is 1.65. The van der Waals surface area contributed by atoms with Crippen LogP contribution in [0.4, 0.5) is 11.4 Å². The second-order valence-corrected chi connectivity index (χ2v) is 7.68. The van der Waals surface area contributed by atoms with Crippen molar-refractivity contribution in [3.63, 3.8) is 0 Å². The van der Waals surface area contributed by atoms with Crippen LogP contribution in [-0.2, 0) is 9.59 Å². The Morgan fingerprint density at radius 2 is 1.77 bits per heavy atom. The van der Waals surface area contributed by atoms with Crippen molar-refractivity contribution in [3.05, 3.63) is 48.0 Å². The van der Waals surface area contributed by atoms with Crippen LogP contribution in [0.2, 0.25) is 0 Å². The monoisotopic (exact) mass is 423 g/mol. The van der Waals surface area contributed by atoms with Crippen molar-refractivity contribution < 1.29 is 23.9 Å². The van der Waals surface area contributed by atoms with Gasteiger partial charge in [-0.3, -0.25) is 14.4 Å². The molecule has 8 nitrogen and oxygen atoms in total. The van der Waals surface area contributed by atoms with E-state index < -0.39 is 0 Å². The largest absolute Gasteiger partial charge is 0.454 e. The number of unbranched alkanes of at least 4 members (excludes halogenated alkanes) is 1. The van der Waals surface area contributed by atoms with E-state index in [4.69, 9.17) is 9.47 Å². The fourth-order valence-corrected chi connectivity index (χ4v) is 3.64. The first-order valence-corrected chi connectivity index (χ1v) is 10.4. The first-order valence-electron chi connectivity index (χ1n) is 10.4. The van der Waals surface area contributed by atoms with Gasteiger partial charge in [0.05, 0.1) is 5.92 Å². The SMILES string of the molecule is CCCCN1CC(C(=O)Nc2ccc(C(=O)Nc3ccc4c(c3)OCO4)cc2)CC1=O. The zero-order valence-electron chi connectivity index (χ0n) is 17.3. The zero-order valence-corrected chi connectivity index (χ0v) is 17.3. The molecule has 0 radical (unpaired) electrons. The number of nitrogens with one attached hydrogen (secondary N) is 2. The number of hydrogen-bond acceptors (Lipinski definition) is 5. The first-order chi connectivity index (χ1) is 15.0. The summed E-state index contributed by atoms with van der Waals surface area (Å²) in [6.45, 7) is 3.41. The standard InChI is InChI=1S/C23H25N3O5/c1-2-3-10-26-13-16(11-21(26)27)23(29)24-17-6-4-15(5-7-17)22(28)25-18-8-9-19-20(12-18)31-14-30-19/h4-9,12,16H,2-3,10-11,13-14H2,1H3,(H,24,29)(H,25,28). The molecule has 1 saturated heterocycles. The van der Waals surface area contributed by atoms with Crippen LogP contribution in [0.5, 0.6) is 11.5 Å². The second-order valence-electron chi connectivity index (χ2n) is 7.68. The lowest BCUT2D eigenvalue weighted by Gasteiger charge is -2.16. The Kier molecular flexibility index (Phi) is 6.06. The molecule has 0 aliphatic carbocycles. The molecule has 8 heteroatoms. The third-order valence-corrected chi connectivity index (χ3v) is 5.41. The van der Waals surface area contributed by atoms with Crippen LogP contribution in [-0.4, -0.2) is 42.5 Å². The van der Waals surface area contributed by atoms with Gasteiger partial charge < -0.3 is 25.0 Å². The number of amides is 3. The normalized spacial score (nSPS) is 17.0. The third kappa shape index (κ3) is 4.79. The Labute approximate surface area is 180 Å². The highest BCUT2D eigenvalue weighted by molar-refractivity contribution is 6.05. The molecule has 0 spiro atoms. The molecule has 0 aromatic heterocycles. The minimum absolute atomic E-state index is 0.0316. The number of carbonyl (C=O) groups is 3. The molecule has 1 unspecified atom stereocenters. The molecule has 2 aliphatic heterocycles. The average Bonchev–Trinajstić information content (AvgIpc) is 3.38. The number of benzene rings is 2. The molecule has 31 heavy (non-hydrogen) atoms. The fraction of sp³-hybridized carbons (Fsp3) is 0.348. The molecule has 2 heterocycles. The summed E-state index contributed by atoms with van der Waals surface area (Å²) in [5.74, 6) is 0.474. The highest BCUT2D eigenvalue weighted by Gasteiger charge is 2.33. The summed E-state index contributed by atoms with van der Waals surface area (Å²) in [5, 5.41) is 5.66. The molecule has 2 aliphatic rings. The van der Waals surface area contributed by atoms with Crippen LogP contribution in [0.1, 0.15) is 36.5 Å². The summed E-state index contributed by atoms with van der Waals surface area (Å²) in [6, 6.07) is 11.8. The smallest absolute Gasteiger partial charge is 0.255 e. The topological polar surface area (TPSA) is 97.0 Å². The van der Waals surface area contributed by atoms with Crippen molar-refractivity contribution in [3.8, 4) is 11.5 Å². The lowest BCUT2D eigenvalue weighted by Crippen LogP contribution is -2.29. The van der Waals surface area contributed by atoms with Gasteiger partial charge >= 0.3 is 0 Å². The van der Waals surface area contributed by atoms with E-state index in [1.54, 1.807) is 47.4 Å². The van der Waals surface area contributed by atoms with Crippen LogP contribution < -0.4 is 20.1 Å². The van der Waals surface area contributed by atoms with Crippen molar-refractivity contribution >= 4 is 29.1 Å². The van der Waals surface area contributed by atoms with Gasteiger partial charge in [0.2, 0.25) is 18.6 Å². The Morgan fingerprint density at radius 3 is 2.55 bits per heavy atom. The number of ether oxygens (including phenoxy) is 2. The first kappa shape index (κ1) is 20.7. The van der Waals surface area contributed by atoms with Crippen LogP contribution in [0.3, 0.4) is 0 Å². The summed E-state index contributed by atoms with van der Waals surface area (Å²) in [6.07, 6.45) is 2.19. The van der Waals surface area contributed by atoms with Gasteiger partial charge in [-0.15, -0.1) is 0 Å². The van der Waals surface area contributed by atoms with E-state index in [0.717, 1.165) is 12.8 Å². The van der Waals surface area contributed by atoms with Gasteiger partial charge in [0.1, 0.15) is 0 Å². The molecule has 1 fully saturated rings. The highest BCUT2D eigenvalue weighted by atomic mass is 16.7. The van der Waals surface area contributed by atoms with Crippen LogP contribution >= 0.6 is 0 Å². The summed E-state index contributed by atoms with van der Waals surface area (Å²) >= 11 is 0. The maximum atomic E-state index is 12.5. The van der Waals surface area contributed by atoms with E-state index in [-0.39, 0.29) is 36.9 Å². The van der Waals surface area contributed by atoms with E-state index in [1.807, 2.05) is 0 Å². The Hall–Kier alpha value is -3.55. The Balaban J connectivity index is 1.32. The number of hydrogen-bond donors (Lipinski definition) is 2. The molecular weight excluding hydrogens is 398 g/mol. The van der Waals surface area contributed by atoms with E-state index in [9.17, 15) is 14.4 Å². The van der Waals surface area contributed by atoms with Crippen LogP contribution in [0.25, 0.3) is 0 Å². The minimum atomic E-state index is -0.349. The van der Waals surface area contributed by atoms with Crippen molar-refractivity contribution in [1.82, 2.24) is 4.90 Å². The van der Waals surface area contributed by atoms with E-state index in [2.05, 4.69) is 17.6 Å². The molecule has 1 atom stereocenters. The minimum Gasteiger partial charge on any atom is -0.454 e. The predicted octanol–water partition coefficient (Wildman–Crippen LogP) is 3.25. The van der Waals surface area contributed by atoms with Gasteiger partial charge in [0, 0.05) is 42.5 Å². The zero-order chi connectivity index (χ0) is 21.8. The number of carbonyl (C=O) groups excluding carboxylic acids is 3. The van der Waals surface area contributed by atoms with E-state index in [1.165, 1.54) is 0 Å². The average molecular weight is 423 g/mol. The maximum absolute atomic E-state index is 12.5. The van der Waals surface area contributed by atoms with Gasteiger partial charge in [0.15, 0.2) is 11.5 Å². The van der Waals surface area contributed by atoms with Gasteiger partial charge in [-0.2, -0.15) is 0 Å². The lowest BCUT2D eigenvalue weighted by molar-refractivity contribution is -0.128. The number of anilines is 2. The van der Waals surface area contributed by atoms with Crippen LogP contribution in [0, 0.1) is 5.92 Å². The van der Waals surface area contributed by atoms with Gasteiger partial charge in [0.25, 0.3) is 5.91 Å². The lowest BCUT2D eigenvalue weighted by atomic mass is 10.1. The number of fused-ring (bicyclic) bond motifs is 1. The number of nitrogens with zero attached hydrogens (tertiary/aromatic N) is 1. The second kappa shape index (κ2) is 9.07. The highest BCUT2D eigenvalue weighted by Crippen LogP contribution is 2.34. The molecule has 3 amide bonds. The van der Waals surface area contributed by atoms with Crippen LogP contribution in [0.15, 0.2) is 42.5 Å². The van der Waals surface area contributed by atoms with Crippen molar-refractivity contribution in [1.29, 1.82) is 0 Å². The molecular formula is C23H25N3O5. The molecule has 0 saturated carbocycles. The molecule has 2 N–H and O–H groups in total. The summed E-state index contributed by atoms with van der Waals surface area (Å²) < 4.78 is 10.6. The molecule has 2 aromatic rings. The molecule has 162 valence electrons. The predicted molar refractivity (Wildman–Crippen MR) is 115 cm³/mol. The van der Waals surface area contributed by atoms with E-state index >= 15 is 0 Å². The number of likely N-dealkylation sites (tertiary alicyclic amines) is 1. The molecule has 0 bridgehead atoms.